The molecule has 0 aromatic heterocycles. The molecule has 2 heteroatoms. The van der Waals surface area contributed by atoms with Gasteiger partial charge < -0.3 is 5.21 Å². The van der Waals surface area contributed by atoms with E-state index in [1.54, 1.807) is 6.21 Å². The molecule has 1 N–H and O–H groups in total. The number of hydrogen-bond acceptors (Lipinski definition) is 2. The summed E-state index contributed by atoms with van der Waals surface area (Å²) in [6.07, 6.45) is 3.88. The highest BCUT2D eigenvalue weighted by Gasteiger charge is 2.22. The first-order chi connectivity index (χ1) is 6.81. The van der Waals surface area contributed by atoms with Crippen molar-refractivity contribution in [1.29, 1.82) is 0 Å². The molecule has 0 heterocycles. The van der Waals surface area contributed by atoms with Crippen LogP contribution in [0, 0.1) is 5.92 Å². The van der Waals surface area contributed by atoms with Crippen LogP contribution in [0.15, 0.2) is 29.4 Å². The molecule has 74 valence electrons. The summed E-state index contributed by atoms with van der Waals surface area (Å²) in [4.78, 5) is 0. The van der Waals surface area contributed by atoms with E-state index in [1.807, 2.05) is 6.07 Å². The third kappa shape index (κ3) is 1.65. The van der Waals surface area contributed by atoms with Crippen LogP contribution in [0.4, 0.5) is 0 Å². The Labute approximate surface area is 84.3 Å². The highest BCUT2D eigenvalue weighted by Crippen LogP contribution is 2.33. The van der Waals surface area contributed by atoms with Crippen LogP contribution in [0.5, 0.6) is 0 Å². The Kier molecular flexibility index (Phi) is 2.53. The second kappa shape index (κ2) is 3.82. The Hall–Kier alpha value is -1.31. The van der Waals surface area contributed by atoms with Gasteiger partial charge in [-0.3, -0.25) is 0 Å². The van der Waals surface area contributed by atoms with Crippen molar-refractivity contribution in [3.63, 3.8) is 0 Å². The third-order valence-electron chi connectivity index (χ3n) is 2.93. The van der Waals surface area contributed by atoms with Gasteiger partial charge in [-0.25, -0.2) is 0 Å². The lowest BCUT2D eigenvalue weighted by Crippen LogP contribution is -2.17. The molecule has 14 heavy (non-hydrogen) atoms. The van der Waals surface area contributed by atoms with Gasteiger partial charge in [0.15, 0.2) is 0 Å². The van der Waals surface area contributed by atoms with Crippen LogP contribution in [0.25, 0.3) is 0 Å². The number of rotatable bonds is 1. The summed E-state index contributed by atoms with van der Waals surface area (Å²) in [6.45, 7) is 2.24. The van der Waals surface area contributed by atoms with Crippen molar-refractivity contribution < 1.29 is 5.21 Å². The molecule has 1 aromatic carbocycles. The topological polar surface area (TPSA) is 32.6 Å². The van der Waals surface area contributed by atoms with E-state index in [0.717, 1.165) is 12.8 Å². The minimum Gasteiger partial charge on any atom is -0.411 e. The van der Waals surface area contributed by atoms with Crippen molar-refractivity contribution in [2.75, 3.05) is 0 Å². The van der Waals surface area contributed by atoms with Gasteiger partial charge in [0.2, 0.25) is 0 Å². The molecule has 0 aliphatic heterocycles. The molecule has 2 atom stereocenters. The summed E-state index contributed by atoms with van der Waals surface area (Å²) in [5.74, 6) is 0.966. The van der Waals surface area contributed by atoms with Crippen molar-refractivity contribution in [2.45, 2.75) is 25.7 Å². The molecule has 0 amide bonds. The van der Waals surface area contributed by atoms with Gasteiger partial charge in [-0.15, -0.1) is 5.16 Å². The summed E-state index contributed by atoms with van der Waals surface area (Å²) < 4.78 is 0. The fraction of sp³-hybridized carbons (Fsp3) is 0.417. The van der Waals surface area contributed by atoms with Crippen molar-refractivity contribution in [3.8, 4) is 0 Å². The van der Waals surface area contributed by atoms with Gasteiger partial charge in [-0.1, -0.05) is 31.2 Å². The van der Waals surface area contributed by atoms with Crippen molar-refractivity contribution in [3.05, 3.63) is 35.4 Å². The first-order valence-electron chi connectivity index (χ1n) is 5.06. The maximum absolute atomic E-state index is 8.60. The molecule has 0 bridgehead atoms. The van der Waals surface area contributed by atoms with Gasteiger partial charge in [0.1, 0.15) is 0 Å². The normalized spacial score (nSPS) is 26.4. The van der Waals surface area contributed by atoms with E-state index in [9.17, 15) is 0 Å². The van der Waals surface area contributed by atoms with Gasteiger partial charge in [0.25, 0.3) is 0 Å². The summed E-state index contributed by atoms with van der Waals surface area (Å²) in [5.41, 5.74) is 2.72. The van der Waals surface area contributed by atoms with Crippen molar-refractivity contribution in [1.82, 2.24) is 0 Å². The maximum atomic E-state index is 8.60. The average Bonchev–Trinajstić information content (AvgIpc) is 2.18. The van der Waals surface area contributed by atoms with Gasteiger partial charge >= 0.3 is 0 Å². The van der Waals surface area contributed by atoms with Crippen LogP contribution in [-0.2, 0) is 6.42 Å². The SMILES string of the molecule is CC1Cc2ccccc2C(C=NO)C1. The molecule has 2 unspecified atom stereocenters. The summed E-state index contributed by atoms with van der Waals surface area (Å²) in [6, 6.07) is 8.42. The Morgan fingerprint density at radius 1 is 1.43 bits per heavy atom. The lowest BCUT2D eigenvalue weighted by atomic mass is 9.78. The Morgan fingerprint density at radius 3 is 3.00 bits per heavy atom. The standard InChI is InChI=1S/C12H15NO/c1-9-6-10-4-2-3-5-12(10)11(7-9)8-13-14/h2-5,8-9,11,14H,6-7H2,1H3. The lowest BCUT2D eigenvalue weighted by Gasteiger charge is -2.26. The lowest BCUT2D eigenvalue weighted by molar-refractivity contribution is 0.318. The molecule has 1 aromatic rings. The highest BCUT2D eigenvalue weighted by molar-refractivity contribution is 5.68. The third-order valence-corrected chi connectivity index (χ3v) is 2.93. The fourth-order valence-electron chi connectivity index (χ4n) is 2.32. The van der Waals surface area contributed by atoms with Crippen molar-refractivity contribution >= 4 is 6.21 Å². The molecule has 0 saturated heterocycles. The molecular weight excluding hydrogens is 174 g/mol. The monoisotopic (exact) mass is 189 g/mol. The van der Waals surface area contributed by atoms with Crippen LogP contribution in [0.3, 0.4) is 0 Å². The van der Waals surface area contributed by atoms with Crippen LogP contribution >= 0.6 is 0 Å². The van der Waals surface area contributed by atoms with Gasteiger partial charge in [0.05, 0.1) is 6.21 Å². The zero-order chi connectivity index (χ0) is 9.97. The smallest absolute Gasteiger partial charge is 0.0510 e. The first kappa shape index (κ1) is 9.25. The number of hydrogen-bond donors (Lipinski definition) is 1. The molecule has 2 nitrogen and oxygen atoms in total. The quantitative estimate of drug-likeness (QED) is 0.411. The van der Waals surface area contributed by atoms with Crippen LogP contribution < -0.4 is 0 Å². The van der Waals surface area contributed by atoms with Crippen molar-refractivity contribution in [2.24, 2.45) is 11.1 Å². The van der Waals surface area contributed by atoms with Gasteiger partial charge in [0, 0.05) is 5.92 Å². The molecule has 0 saturated carbocycles. The Balaban J connectivity index is 2.38. The fourth-order valence-corrected chi connectivity index (χ4v) is 2.32. The maximum Gasteiger partial charge on any atom is 0.0510 e. The van der Waals surface area contributed by atoms with E-state index in [2.05, 4.69) is 30.3 Å². The second-order valence-corrected chi connectivity index (χ2v) is 4.11. The van der Waals surface area contributed by atoms with E-state index in [-0.39, 0.29) is 0 Å². The average molecular weight is 189 g/mol. The van der Waals surface area contributed by atoms with Gasteiger partial charge in [-0.05, 0) is 29.9 Å². The van der Waals surface area contributed by atoms with Crippen LogP contribution in [0.2, 0.25) is 0 Å². The van der Waals surface area contributed by atoms with Gasteiger partial charge in [-0.2, -0.15) is 0 Å². The van der Waals surface area contributed by atoms with E-state index in [1.165, 1.54) is 11.1 Å². The largest absolute Gasteiger partial charge is 0.411 e. The zero-order valence-electron chi connectivity index (χ0n) is 8.35. The first-order valence-corrected chi connectivity index (χ1v) is 5.06. The van der Waals surface area contributed by atoms with E-state index < -0.39 is 0 Å². The summed E-state index contributed by atoms with van der Waals surface area (Å²) in [7, 11) is 0. The second-order valence-electron chi connectivity index (χ2n) is 4.11. The molecule has 1 aliphatic rings. The molecule has 1 aliphatic carbocycles. The van der Waals surface area contributed by atoms with E-state index in [4.69, 9.17) is 5.21 Å². The number of fused-ring (bicyclic) bond motifs is 1. The molecule has 0 spiro atoms. The minimum atomic E-state index is 0.292. The summed E-state index contributed by atoms with van der Waals surface area (Å²) in [5, 5.41) is 11.8. The summed E-state index contributed by atoms with van der Waals surface area (Å²) >= 11 is 0. The molecule has 2 rings (SSSR count). The predicted octanol–water partition coefficient (Wildman–Crippen LogP) is 2.81. The Bertz CT molecular complexity index is 346. The van der Waals surface area contributed by atoms with E-state index >= 15 is 0 Å². The number of nitrogens with zero attached hydrogens (tertiary/aromatic N) is 1. The number of oxime groups is 1. The number of benzene rings is 1. The Morgan fingerprint density at radius 2 is 2.21 bits per heavy atom. The minimum absolute atomic E-state index is 0.292. The predicted molar refractivity (Wildman–Crippen MR) is 56.9 cm³/mol. The molecule has 0 fully saturated rings. The van der Waals surface area contributed by atoms with Crippen LogP contribution in [-0.4, -0.2) is 11.4 Å². The van der Waals surface area contributed by atoms with E-state index in [0.29, 0.717) is 11.8 Å². The zero-order valence-corrected chi connectivity index (χ0v) is 8.35. The van der Waals surface area contributed by atoms with Crippen LogP contribution in [0.1, 0.15) is 30.4 Å². The molecule has 0 radical (unpaired) electrons. The molecular formula is C12H15NO. The highest BCUT2D eigenvalue weighted by atomic mass is 16.4.